The third-order valence-corrected chi connectivity index (χ3v) is 3.41. The molecule has 2 amide bonds. The molecule has 0 aliphatic rings. The maximum Gasteiger partial charge on any atom is 0.337 e. The fraction of sp³-hybridized carbons (Fsp3) is 0.154. The average molecular weight is 400 g/mol. The number of aromatic nitrogens is 2. The topological polar surface area (TPSA) is 107 Å². The summed E-state index contributed by atoms with van der Waals surface area (Å²) in [6.07, 6.45) is 3.25. The first-order valence-corrected chi connectivity index (χ1v) is 7.15. The Morgan fingerprint density at radius 2 is 2.19 bits per heavy atom. The number of H-pyrrole nitrogens is 1. The van der Waals surface area contributed by atoms with Crippen molar-refractivity contribution in [3.8, 4) is 0 Å². The van der Waals surface area contributed by atoms with E-state index in [1.165, 1.54) is 6.07 Å². The van der Waals surface area contributed by atoms with Gasteiger partial charge in [-0.05, 0) is 47.7 Å². The molecule has 1 aromatic heterocycles. The lowest BCUT2D eigenvalue weighted by Crippen LogP contribution is -2.32. The van der Waals surface area contributed by atoms with E-state index in [2.05, 4.69) is 20.6 Å². The van der Waals surface area contributed by atoms with Crippen molar-refractivity contribution < 1.29 is 14.7 Å². The summed E-state index contributed by atoms with van der Waals surface area (Å²) in [5, 5.41) is 14.4. The van der Waals surface area contributed by atoms with E-state index in [9.17, 15) is 9.59 Å². The molecule has 8 heteroatoms. The number of imidazole rings is 1. The summed E-state index contributed by atoms with van der Waals surface area (Å²) < 4.78 is 0.778. The van der Waals surface area contributed by atoms with Gasteiger partial charge in [-0.2, -0.15) is 0 Å². The molecule has 1 atom stereocenters. The Balaban J connectivity index is 2.08. The molecule has 0 aliphatic carbocycles. The molecule has 21 heavy (non-hydrogen) atoms. The monoisotopic (exact) mass is 400 g/mol. The first-order valence-electron chi connectivity index (χ1n) is 6.07. The summed E-state index contributed by atoms with van der Waals surface area (Å²) in [7, 11) is 0. The van der Waals surface area contributed by atoms with Crippen molar-refractivity contribution in [3.63, 3.8) is 0 Å². The van der Waals surface area contributed by atoms with Crippen molar-refractivity contribution in [2.45, 2.75) is 13.0 Å². The van der Waals surface area contributed by atoms with Crippen LogP contribution in [-0.2, 0) is 0 Å². The van der Waals surface area contributed by atoms with Gasteiger partial charge in [-0.1, -0.05) is 0 Å². The highest BCUT2D eigenvalue weighted by Gasteiger charge is 2.15. The van der Waals surface area contributed by atoms with Gasteiger partial charge in [-0.15, -0.1) is 0 Å². The molecule has 0 bridgehead atoms. The molecule has 1 heterocycles. The molecule has 0 radical (unpaired) electrons. The first kappa shape index (κ1) is 15.3. The lowest BCUT2D eigenvalue weighted by molar-refractivity contribution is 0.0698. The number of nitrogens with one attached hydrogen (secondary N) is 3. The van der Waals surface area contributed by atoms with Gasteiger partial charge in [0.25, 0.3) is 0 Å². The summed E-state index contributed by atoms with van der Waals surface area (Å²) in [4.78, 5) is 30.0. The van der Waals surface area contributed by atoms with Crippen LogP contribution in [0.25, 0.3) is 0 Å². The molecule has 1 aromatic carbocycles. The van der Waals surface area contributed by atoms with Crippen molar-refractivity contribution >= 4 is 40.3 Å². The number of hydrogen-bond donors (Lipinski definition) is 4. The highest BCUT2D eigenvalue weighted by atomic mass is 127. The van der Waals surface area contributed by atoms with E-state index in [0.717, 1.165) is 3.57 Å². The molecule has 7 nitrogen and oxygen atoms in total. The van der Waals surface area contributed by atoms with E-state index in [0.29, 0.717) is 5.82 Å². The number of aromatic carboxylic acids is 1. The SMILES string of the molecule is CC(NC(=O)Nc1ccc(I)cc1C(=O)O)c1ncc[nH]1. The molecule has 110 valence electrons. The largest absolute Gasteiger partial charge is 0.478 e. The van der Waals surface area contributed by atoms with Crippen molar-refractivity contribution in [2.24, 2.45) is 0 Å². The highest BCUT2D eigenvalue weighted by Crippen LogP contribution is 2.19. The number of carboxylic acid groups (broad SMARTS) is 1. The Labute approximate surface area is 134 Å². The first-order chi connectivity index (χ1) is 9.97. The van der Waals surface area contributed by atoms with E-state index >= 15 is 0 Å². The summed E-state index contributed by atoms with van der Waals surface area (Å²) >= 11 is 2.01. The van der Waals surface area contributed by atoms with Gasteiger partial charge in [0.05, 0.1) is 17.3 Å². The van der Waals surface area contributed by atoms with Crippen molar-refractivity contribution in [3.05, 3.63) is 45.6 Å². The summed E-state index contributed by atoms with van der Waals surface area (Å²) in [6, 6.07) is 3.95. The second kappa shape index (κ2) is 6.57. The van der Waals surface area contributed by atoms with Crippen LogP contribution in [0.2, 0.25) is 0 Å². The number of carbonyl (C=O) groups is 2. The molecule has 0 saturated heterocycles. The van der Waals surface area contributed by atoms with Crippen molar-refractivity contribution in [2.75, 3.05) is 5.32 Å². The third kappa shape index (κ3) is 3.94. The molecular weight excluding hydrogens is 387 g/mol. The molecular formula is C13H13IN4O3. The lowest BCUT2D eigenvalue weighted by Gasteiger charge is -2.14. The molecule has 0 spiro atoms. The van der Waals surface area contributed by atoms with Gasteiger partial charge >= 0.3 is 12.0 Å². The third-order valence-electron chi connectivity index (χ3n) is 2.74. The number of anilines is 1. The van der Waals surface area contributed by atoms with Crippen LogP contribution < -0.4 is 10.6 Å². The van der Waals surface area contributed by atoms with Crippen molar-refractivity contribution in [1.82, 2.24) is 15.3 Å². The second-order valence-corrected chi connectivity index (χ2v) is 5.54. The van der Waals surface area contributed by atoms with Gasteiger partial charge in [0.15, 0.2) is 0 Å². The Morgan fingerprint density at radius 3 is 2.81 bits per heavy atom. The molecule has 0 fully saturated rings. The number of halogens is 1. The molecule has 0 saturated carbocycles. The van der Waals surface area contributed by atoms with Crippen molar-refractivity contribution in [1.29, 1.82) is 0 Å². The predicted molar refractivity (Wildman–Crippen MR) is 85.3 cm³/mol. The number of nitrogens with zero attached hydrogens (tertiary/aromatic N) is 1. The number of aromatic amines is 1. The zero-order valence-electron chi connectivity index (χ0n) is 11.1. The van der Waals surface area contributed by atoms with Gasteiger partial charge in [-0.3, -0.25) is 0 Å². The van der Waals surface area contributed by atoms with Gasteiger partial charge in [0.1, 0.15) is 5.82 Å². The summed E-state index contributed by atoms with van der Waals surface area (Å²) in [6.45, 7) is 1.77. The molecule has 4 N–H and O–H groups in total. The fourth-order valence-electron chi connectivity index (χ4n) is 1.74. The van der Waals surface area contributed by atoms with Crippen LogP contribution in [-0.4, -0.2) is 27.1 Å². The van der Waals surface area contributed by atoms with Crippen LogP contribution >= 0.6 is 22.6 Å². The highest BCUT2D eigenvalue weighted by molar-refractivity contribution is 14.1. The average Bonchev–Trinajstić information content (AvgIpc) is 2.94. The minimum absolute atomic E-state index is 0.0442. The second-order valence-electron chi connectivity index (χ2n) is 4.29. The number of carboxylic acids is 1. The molecule has 1 unspecified atom stereocenters. The van der Waals surface area contributed by atoms with Crippen LogP contribution in [0.3, 0.4) is 0 Å². The standard InChI is InChI=1S/C13H13IN4O3/c1-7(11-15-4-5-16-11)17-13(21)18-10-3-2-8(14)6-9(10)12(19)20/h2-7H,1H3,(H,15,16)(H,19,20)(H2,17,18,21). The zero-order valence-corrected chi connectivity index (χ0v) is 13.2. The number of carbonyl (C=O) groups excluding carboxylic acids is 1. The van der Waals surface area contributed by atoms with Crippen LogP contribution in [0, 0.1) is 3.57 Å². The van der Waals surface area contributed by atoms with Gasteiger partial charge < -0.3 is 20.7 Å². The van der Waals surface area contributed by atoms with Gasteiger partial charge in [0, 0.05) is 16.0 Å². The maximum absolute atomic E-state index is 11.9. The summed E-state index contributed by atoms with van der Waals surface area (Å²) in [5.74, 6) is -0.478. The predicted octanol–water partition coefficient (Wildman–Crippen LogP) is 2.60. The maximum atomic E-state index is 11.9. The number of hydrogen-bond acceptors (Lipinski definition) is 3. The van der Waals surface area contributed by atoms with E-state index in [4.69, 9.17) is 5.11 Å². The minimum atomic E-state index is -1.09. The Morgan fingerprint density at radius 1 is 1.43 bits per heavy atom. The Bertz CT molecular complexity index is 657. The Kier molecular flexibility index (Phi) is 4.78. The Hall–Kier alpha value is -2.10. The number of rotatable bonds is 4. The van der Waals surface area contributed by atoms with Gasteiger partial charge in [0.2, 0.25) is 0 Å². The van der Waals surface area contributed by atoms with E-state index in [-0.39, 0.29) is 17.3 Å². The van der Waals surface area contributed by atoms with E-state index in [1.54, 1.807) is 31.5 Å². The summed E-state index contributed by atoms with van der Waals surface area (Å²) in [5.41, 5.74) is 0.287. The molecule has 2 rings (SSSR count). The quantitative estimate of drug-likeness (QED) is 0.592. The minimum Gasteiger partial charge on any atom is -0.478 e. The van der Waals surface area contributed by atoms with Crippen LogP contribution in [0.15, 0.2) is 30.6 Å². The fourth-order valence-corrected chi connectivity index (χ4v) is 2.23. The molecule has 0 aliphatic heterocycles. The van der Waals surface area contributed by atoms with E-state index in [1.807, 2.05) is 22.6 Å². The van der Waals surface area contributed by atoms with E-state index < -0.39 is 12.0 Å². The smallest absolute Gasteiger partial charge is 0.337 e. The number of amides is 2. The molecule has 2 aromatic rings. The lowest BCUT2D eigenvalue weighted by atomic mass is 10.2. The van der Waals surface area contributed by atoms with Crippen LogP contribution in [0.4, 0.5) is 10.5 Å². The zero-order chi connectivity index (χ0) is 15.4. The number of benzene rings is 1. The van der Waals surface area contributed by atoms with Crippen LogP contribution in [0.1, 0.15) is 29.1 Å². The van der Waals surface area contributed by atoms with Crippen LogP contribution in [0.5, 0.6) is 0 Å². The normalized spacial score (nSPS) is 11.7. The van der Waals surface area contributed by atoms with Gasteiger partial charge in [-0.25, -0.2) is 14.6 Å². The number of urea groups is 1.